The summed E-state index contributed by atoms with van der Waals surface area (Å²) in [5.41, 5.74) is 2.35. The number of aliphatic imine (C=N–C) groups is 1. The van der Waals surface area contributed by atoms with E-state index in [0.29, 0.717) is 29.3 Å². The highest BCUT2D eigenvalue weighted by atomic mass is 35.5. The average Bonchev–Trinajstić information content (AvgIpc) is 3.41. The molecule has 2 saturated carbocycles. The number of aliphatic hydroxyl groups excluding tert-OH is 1. The van der Waals surface area contributed by atoms with Gasteiger partial charge < -0.3 is 20.5 Å². The molecule has 1 aliphatic heterocycles. The highest BCUT2D eigenvalue weighted by Gasteiger charge is 2.47. The summed E-state index contributed by atoms with van der Waals surface area (Å²) in [4.78, 5) is 15.9. The molecule has 3 aliphatic rings. The van der Waals surface area contributed by atoms with Gasteiger partial charge in [0.2, 0.25) is 11.8 Å². The lowest BCUT2D eigenvalue weighted by Crippen LogP contribution is -2.37. The molecule has 0 saturated heterocycles. The van der Waals surface area contributed by atoms with Crippen LogP contribution >= 0.6 is 24.8 Å². The molecule has 2 fully saturated rings. The number of aromatic nitrogens is 3. The van der Waals surface area contributed by atoms with Gasteiger partial charge in [-0.05, 0) is 49.3 Å². The Morgan fingerprint density at radius 2 is 2.07 bits per heavy atom. The molecule has 0 aromatic carbocycles. The zero-order valence-electron chi connectivity index (χ0n) is 15.1. The van der Waals surface area contributed by atoms with Crippen LogP contribution in [0, 0.1) is 17.8 Å². The Labute approximate surface area is 175 Å². The lowest BCUT2D eigenvalue weighted by atomic mass is 9.85. The number of anilines is 1. The number of nitrogens with zero attached hydrogens (tertiary/aromatic N) is 3. The van der Waals surface area contributed by atoms with Gasteiger partial charge in [0.1, 0.15) is 5.69 Å². The van der Waals surface area contributed by atoms with Crippen LogP contribution < -0.4 is 5.32 Å². The molecule has 0 radical (unpaired) electrons. The van der Waals surface area contributed by atoms with Crippen LogP contribution in [0.5, 0.6) is 5.88 Å². The van der Waals surface area contributed by atoms with E-state index in [2.05, 4.69) is 25.3 Å². The molecular formula is C19H23Cl2N5O2. The molecule has 0 spiro atoms. The number of aromatic amines is 1. The fourth-order valence-corrected chi connectivity index (χ4v) is 4.80. The number of hydrogen-bond acceptors (Lipinski definition) is 6. The molecule has 0 unspecified atom stereocenters. The molecule has 2 aromatic heterocycles. The van der Waals surface area contributed by atoms with E-state index >= 15 is 0 Å². The van der Waals surface area contributed by atoms with Crippen molar-refractivity contribution >= 4 is 54.4 Å². The van der Waals surface area contributed by atoms with Crippen molar-refractivity contribution in [3.05, 3.63) is 29.6 Å². The molecule has 7 nitrogen and oxygen atoms in total. The number of allylic oxidation sites excluding steroid dienone is 1. The first kappa shape index (κ1) is 20.6. The van der Waals surface area contributed by atoms with Gasteiger partial charge >= 0.3 is 0 Å². The maximum atomic E-state index is 10.2. The van der Waals surface area contributed by atoms with Crippen molar-refractivity contribution in [2.75, 3.05) is 11.9 Å². The summed E-state index contributed by atoms with van der Waals surface area (Å²) in [5.74, 6) is 2.63. The SMILES string of the molecule is Cl.Cl.OC[C@@H]1[C@H]2CC[C@H](C2)[C@@H]1Nc1nc(O)c(C=C2C=Nc3ncccc32)[nH]1. The maximum Gasteiger partial charge on any atom is 0.238 e. The van der Waals surface area contributed by atoms with Gasteiger partial charge in [0.15, 0.2) is 5.82 Å². The smallest absolute Gasteiger partial charge is 0.238 e. The van der Waals surface area contributed by atoms with Gasteiger partial charge in [-0.2, -0.15) is 4.98 Å². The molecule has 2 bridgehead atoms. The predicted octanol–water partition coefficient (Wildman–Crippen LogP) is 3.43. The van der Waals surface area contributed by atoms with Crippen molar-refractivity contribution in [2.24, 2.45) is 22.7 Å². The lowest BCUT2D eigenvalue weighted by Gasteiger charge is -2.30. The molecule has 9 heteroatoms. The standard InChI is InChI=1S/C19H21N5O2.2ClH/c25-9-14-10-3-4-11(6-10)16(14)23-19-22-15(18(26)24-19)7-12-8-21-17-13(12)2-1-5-20-17;;/h1-2,5,7-8,10-11,14,16,25-26H,3-4,6,9H2,(H2,22,23,24);2*1H/t10-,11+,14+,16-;;/m0../s1. The van der Waals surface area contributed by atoms with E-state index in [4.69, 9.17) is 0 Å². The Morgan fingerprint density at radius 3 is 2.89 bits per heavy atom. The Hall–Kier alpha value is -2.09. The highest BCUT2D eigenvalue weighted by molar-refractivity contribution is 6.20. The molecule has 2 aliphatic carbocycles. The van der Waals surface area contributed by atoms with Crippen LogP contribution in [0.1, 0.15) is 30.5 Å². The van der Waals surface area contributed by atoms with Crippen LogP contribution in [0.3, 0.4) is 0 Å². The summed E-state index contributed by atoms with van der Waals surface area (Å²) < 4.78 is 0. The Bertz CT molecular complexity index is 913. The quantitative estimate of drug-likeness (QED) is 0.602. The number of nitrogens with one attached hydrogen (secondary N) is 2. The predicted molar refractivity (Wildman–Crippen MR) is 114 cm³/mol. The summed E-state index contributed by atoms with van der Waals surface area (Å²) in [5, 5.41) is 23.4. The second kappa shape index (κ2) is 8.11. The number of aromatic hydroxyl groups is 1. The summed E-state index contributed by atoms with van der Waals surface area (Å²) in [6.07, 6.45) is 8.86. The van der Waals surface area contributed by atoms with Crippen molar-refractivity contribution in [1.82, 2.24) is 15.0 Å². The zero-order chi connectivity index (χ0) is 17.7. The number of pyridine rings is 1. The van der Waals surface area contributed by atoms with E-state index in [-0.39, 0.29) is 49.3 Å². The summed E-state index contributed by atoms with van der Waals surface area (Å²) in [6, 6.07) is 4.03. The molecule has 2 aromatic rings. The van der Waals surface area contributed by atoms with Crippen LogP contribution in [0.15, 0.2) is 23.3 Å². The van der Waals surface area contributed by atoms with Crippen molar-refractivity contribution in [1.29, 1.82) is 0 Å². The second-order valence-corrected chi connectivity index (χ2v) is 7.40. The minimum atomic E-state index is -0.0468. The third-order valence-electron chi connectivity index (χ3n) is 6.04. The van der Waals surface area contributed by atoms with Gasteiger partial charge in [-0.15, -0.1) is 24.8 Å². The molecule has 150 valence electrons. The van der Waals surface area contributed by atoms with Crippen molar-refractivity contribution in [3.63, 3.8) is 0 Å². The van der Waals surface area contributed by atoms with Gasteiger partial charge in [-0.1, -0.05) is 0 Å². The first-order chi connectivity index (χ1) is 12.7. The maximum absolute atomic E-state index is 10.2. The molecule has 3 heterocycles. The van der Waals surface area contributed by atoms with E-state index in [1.807, 2.05) is 18.2 Å². The number of hydrogen-bond donors (Lipinski definition) is 4. The number of fused-ring (bicyclic) bond motifs is 3. The van der Waals surface area contributed by atoms with E-state index in [1.165, 1.54) is 19.3 Å². The van der Waals surface area contributed by atoms with Gasteiger partial charge in [0, 0.05) is 42.1 Å². The monoisotopic (exact) mass is 423 g/mol. The third-order valence-corrected chi connectivity index (χ3v) is 6.04. The second-order valence-electron chi connectivity index (χ2n) is 7.40. The fourth-order valence-electron chi connectivity index (χ4n) is 4.80. The highest BCUT2D eigenvalue weighted by Crippen LogP contribution is 2.49. The molecule has 5 rings (SSSR count). The molecule has 0 amide bonds. The zero-order valence-corrected chi connectivity index (χ0v) is 16.7. The van der Waals surface area contributed by atoms with E-state index in [9.17, 15) is 10.2 Å². The van der Waals surface area contributed by atoms with E-state index < -0.39 is 0 Å². The number of imidazole rings is 1. The van der Waals surface area contributed by atoms with Gasteiger partial charge in [0.05, 0.1) is 0 Å². The number of aliphatic hydroxyl groups is 1. The topological polar surface area (TPSA) is 106 Å². The number of H-pyrrole nitrogens is 1. The number of halogens is 2. The summed E-state index contributed by atoms with van der Waals surface area (Å²) in [7, 11) is 0. The van der Waals surface area contributed by atoms with E-state index in [0.717, 1.165) is 11.1 Å². The van der Waals surface area contributed by atoms with Gasteiger partial charge in [-0.3, -0.25) is 0 Å². The lowest BCUT2D eigenvalue weighted by molar-refractivity contribution is 0.166. The van der Waals surface area contributed by atoms with Gasteiger partial charge in [0.25, 0.3) is 0 Å². The van der Waals surface area contributed by atoms with Crippen molar-refractivity contribution in [2.45, 2.75) is 25.3 Å². The largest absolute Gasteiger partial charge is 0.492 e. The van der Waals surface area contributed by atoms with Crippen LogP contribution in [-0.2, 0) is 0 Å². The first-order valence-corrected chi connectivity index (χ1v) is 9.10. The number of rotatable bonds is 4. The molecule has 4 N–H and O–H groups in total. The van der Waals surface area contributed by atoms with Crippen LogP contribution in [0.4, 0.5) is 11.8 Å². The fraction of sp³-hybridized carbons (Fsp3) is 0.421. The summed E-state index contributed by atoms with van der Waals surface area (Å²) in [6.45, 7) is 0.197. The van der Waals surface area contributed by atoms with Crippen molar-refractivity contribution < 1.29 is 10.2 Å². The average molecular weight is 424 g/mol. The minimum absolute atomic E-state index is 0. The van der Waals surface area contributed by atoms with Gasteiger partial charge in [-0.25, -0.2) is 9.98 Å². The minimum Gasteiger partial charge on any atom is -0.492 e. The third kappa shape index (κ3) is 3.38. The Kier molecular flexibility index (Phi) is 5.98. The molecule has 28 heavy (non-hydrogen) atoms. The van der Waals surface area contributed by atoms with Crippen LogP contribution in [-0.4, -0.2) is 44.0 Å². The first-order valence-electron chi connectivity index (χ1n) is 9.10. The van der Waals surface area contributed by atoms with Crippen LogP contribution in [0.25, 0.3) is 11.6 Å². The van der Waals surface area contributed by atoms with E-state index in [1.54, 1.807) is 12.4 Å². The van der Waals surface area contributed by atoms with Crippen molar-refractivity contribution in [3.8, 4) is 5.88 Å². The Balaban J connectivity index is 0.00000112. The Morgan fingerprint density at radius 1 is 1.25 bits per heavy atom. The normalized spacial score (nSPS) is 28.1. The van der Waals surface area contributed by atoms with Crippen LogP contribution in [0.2, 0.25) is 0 Å². The summed E-state index contributed by atoms with van der Waals surface area (Å²) >= 11 is 0. The molecular weight excluding hydrogens is 401 g/mol. The molecule has 4 atom stereocenters.